The normalized spacial score (nSPS) is 14.4. The Morgan fingerprint density at radius 3 is 2.89 bits per heavy atom. The van der Waals surface area contributed by atoms with Crippen molar-refractivity contribution in [2.24, 2.45) is 4.99 Å². The van der Waals surface area contributed by atoms with Crippen LogP contribution in [0.1, 0.15) is 25.8 Å². The first-order valence-corrected chi connectivity index (χ1v) is 9.62. The van der Waals surface area contributed by atoms with Crippen molar-refractivity contribution >= 4 is 35.6 Å². The molecule has 2 aromatic rings. The predicted octanol–water partition coefficient (Wildman–Crippen LogP) is 2.90. The minimum atomic E-state index is 0. The van der Waals surface area contributed by atoms with Crippen molar-refractivity contribution in [3.05, 3.63) is 48.3 Å². The second-order valence-electron chi connectivity index (χ2n) is 6.69. The smallest absolute Gasteiger partial charge is 0.191 e. The van der Waals surface area contributed by atoms with Crippen LogP contribution in [0.15, 0.2) is 47.7 Å². The first-order chi connectivity index (χ1) is 12.8. The quantitative estimate of drug-likeness (QED) is 0.263. The van der Waals surface area contributed by atoms with Crippen LogP contribution in [0.3, 0.4) is 0 Å². The first kappa shape index (κ1) is 21.5. The van der Waals surface area contributed by atoms with Crippen LogP contribution in [0.2, 0.25) is 0 Å². The molecule has 1 unspecified atom stereocenters. The minimum absolute atomic E-state index is 0. The number of hydrogen-bond acceptors (Lipinski definition) is 3. The van der Waals surface area contributed by atoms with Gasteiger partial charge in [-0.15, -0.1) is 24.0 Å². The van der Waals surface area contributed by atoms with Gasteiger partial charge in [0.1, 0.15) is 0 Å². The molecule has 0 amide bonds. The predicted molar refractivity (Wildman–Crippen MR) is 123 cm³/mol. The summed E-state index contributed by atoms with van der Waals surface area (Å²) in [6.07, 6.45) is 5.96. The highest BCUT2D eigenvalue weighted by molar-refractivity contribution is 14.0. The molecule has 0 saturated heterocycles. The lowest BCUT2D eigenvalue weighted by molar-refractivity contribution is 0.569. The van der Waals surface area contributed by atoms with Crippen LogP contribution in [-0.4, -0.2) is 48.0 Å². The number of fused-ring (bicyclic) bond motifs is 1. The van der Waals surface area contributed by atoms with E-state index in [1.807, 2.05) is 23.1 Å². The number of benzene rings is 1. The maximum absolute atomic E-state index is 4.80. The van der Waals surface area contributed by atoms with Gasteiger partial charge in [0.25, 0.3) is 0 Å². The SMILES string of the molecule is CCNC(=NCC(C)N1CCc2ccccc21)NCCCn1cccn1.I. The van der Waals surface area contributed by atoms with Crippen molar-refractivity contribution in [3.63, 3.8) is 0 Å². The van der Waals surface area contributed by atoms with E-state index in [-0.39, 0.29) is 24.0 Å². The molecule has 0 fully saturated rings. The van der Waals surface area contributed by atoms with Crippen LogP contribution in [0.25, 0.3) is 0 Å². The molecule has 0 aliphatic carbocycles. The van der Waals surface area contributed by atoms with Crippen molar-refractivity contribution in [3.8, 4) is 0 Å². The second kappa shape index (κ2) is 11.2. The second-order valence-corrected chi connectivity index (χ2v) is 6.69. The van der Waals surface area contributed by atoms with Gasteiger partial charge in [-0.1, -0.05) is 18.2 Å². The summed E-state index contributed by atoms with van der Waals surface area (Å²) in [5, 5.41) is 11.0. The van der Waals surface area contributed by atoms with Gasteiger partial charge in [0, 0.05) is 50.3 Å². The molecule has 6 nitrogen and oxygen atoms in total. The van der Waals surface area contributed by atoms with E-state index in [1.54, 1.807) is 0 Å². The number of aliphatic imine (C=N–C) groups is 1. The van der Waals surface area contributed by atoms with E-state index >= 15 is 0 Å². The Morgan fingerprint density at radius 2 is 2.11 bits per heavy atom. The van der Waals surface area contributed by atoms with Crippen LogP contribution in [0, 0.1) is 0 Å². The van der Waals surface area contributed by atoms with Crippen molar-refractivity contribution < 1.29 is 0 Å². The van der Waals surface area contributed by atoms with Crippen LogP contribution in [-0.2, 0) is 13.0 Å². The van der Waals surface area contributed by atoms with Gasteiger partial charge < -0.3 is 15.5 Å². The lowest BCUT2D eigenvalue weighted by Gasteiger charge is -2.26. The van der Waals surface area contributed by atoms with Crippen molar-refractivity contribution in [1.29, 1.82) is 0 Å². The van der Waals surface area contributed by atoms with Gasteiger partial charge in [0.2, 0.25) is 0 Å². The fraction of sp³-hybridized carbons (Fsp3) is 0.500. The Morgan fingerprint density at radius 1 is 1.26 bits per heavy atom. The maximum atomic E-state index is 4.80. The van der Waals surface area contributed by atoms with Gasteiger partial charge in [0.15, 0.2) is 5.96 Å². The Balaban J connectivity index is 0.00000261. The highest BCUT2D eigenvalue weighted by Gasteiger charge is 2.22. The molecule has 2 N–H and O–H groups in total. The summed E-state index contributed by atoms with van der Waals surface area (Å²) in [6.45, 7) is 8.89. The van der Waals surface area contributed by atoms with E-state index in [0.29, 0.717) is 6.04 Å². The molecule has 148 valence electrons. The van der Waals surface area contributed by atoms with Gasteiger partial charge >= 0.3 is 0 Å². The number of aryl methyl sites for hydroxylation is 1. The maximum Gasteiger partial charge on any atom is 0.191 e. The summed E-state index contributed by atoms with van der Waals surface area (Å²) in [6, 6.07) is 11.0. The summed E-state index contributed by atoms with van der Waals surface area (Å²) in [4.78, 5) is 7.27. The molecule has 3 rings (SSSR count). The van der Waals surface area contributed by atoms with Gasteiger partial charge in [-0.2, -0.15) is 5.10 Å². The number of guanidine groups is 1. The first-order valence-electron chi connectivity index (χ1n) is 9.62. The number of nitrogens with zero attached hydrogens (tertiary/aromatic N) is 4. The number of rotatable bonds is 8. The number of aromatic nitrogens is 2. The third-order valence-corrected chi connectivity index (χ3v) is 4.73. The number of halogens is 1. The van der Waals surface area contributed by atoms with Crippen LogP contribution in [0.4, 0.5) is 5.69 Å². The fourth-order valence-corrected chi connectivity index (χ4v) is 3.37. The lowest BCUT2D eigenvalue weighted by atomic mass is 10.2. The number of hydrogen-bond donors (Lipinski definition) is 2. The zero-order valence-electron chi connectivity index (χ0n) is 16.3. The molecule has 7 heteroatoms. The zero-order chi connectivity index (χ0) is 18.2. The summed E-state index contributed by atoms with van der Waals surface area (Å²) in [7, 11) is 0. The van der Waals surface area contributed by atoms with Crippen LogP contribution >= 0.6 is 24.0 Å². The van der Waals surface area contributed by atoms with Crippen molar-refractivity contribution in [2.75, 3.05) is 31.1 Å². The average Bonchev–Trinajstić information content (AvgIpc) is 3.32. The zero-order valence-corrected chi connectivity index (χ0v) is 18.6. The molecule has 2 heterocycles. The van der Waals surface area contributed by atoms with E-state index < -0.39 is 0 Å². The highest BCUT2D eigenvalue weighted by atomic mass is 127. The summed E-state index contributed by atoms with van der Waals surface area (Å²) < 4.78 is 1.96. The molecule has 0 saturated carbocycles. The Bertz CT molecular complexity index is 700. The minimum Gasteiger partial charge on any atom is -0.366 e. The van der Waals surface area contributed by atoms with Gasteiger partial charge in [-0.05, 0) is 44.4 Å². The van der Waals surface area contributed by atoms with E-state index in [0.717, 1.165) is 51.5 Å². The summed E-state index contributed by atoms with van der Waals surface area (Å²) in [5.41, 5.74) is 2.82. The van der Waals surface area contributed by atoms with Gasteiger partial charge in [-0.25, -0.2) is 0 Å². The molecule has 1 aliphatic rings. The monoisotopic (exact) mass is 482 g/mol. The third kappa shape index (κ3) is 6.12. The van der Waals surface area contributed by atoms with Crippen LogP contribution < -0.4 is 15.5 Å². The number of para-hydroxylation sites is 1. The third-order valence-electron chi connectivity index (χ3n) is 4.73. The topological polar surface area (TPSA) is 57.5 Å². The Kier molecular flexibility index (Phi) is 8.90. The van der Waals surface area contributed by atoms with E-state index in [2.05, 4.69) is 58.7 Å². The molecule has 0 spiro atoms. The van der Waals surface area contributed by atoms with Crippen molar-refractivity contribution in [1.82, 2.24) is 20.4 Å². The lowest BCUT2D eigenvalue weighted by Crippen LogP contribution is -2.40. The standard InChI is InChI=1S/C20H30N6.HI/c1-3-21-20(22-11-6-13-25-14-7-12-24-25)23-16-17(2)26-15-10-18-8-4-5-9-19(18)26;/h4-5,7-9,12,14,17H,3,6,10-11,13,15-16H2,1-2H3,(H2,21,22,23);1H. The molecular formula is C20H31IN6. The summed E-state index contributed by atoms with van der Waals surface area (Å²) in [5.74, 6) is 0.896. The molecule has 1 aromatic carbocycles. The largest absolute Gasteiger partial charge is 0.366 e. The molecule has 1 atom stereocenters. The van der Waals surface area contributed by atoms with E-state index in [4.69, 9.17) is 4.99 Å². The Labute approximate surface area is 179 Å². The summed E-state index contributed by atoms with van der Waals surface area (Å²) >= 11 is 0. The average molecular weight is 482 g/mol. The highest BCUT2D eigenvalue weighted by Crippen LogP contribution is 2.29. The molecule has 0 radical (unpaired) electrons. The molecule has 1 aromatic heterocycles. The van der Waals surface area contributed by atoms with E-state index in [1.165, 1.54) is 11.3 Å². The van der Waals surface area contributed by atoms with E-state index in [9.17, 15) is 0 Å². The van der Waals surface area contributed by atoms with Crippen molar-refractivity contribution in [2.45, 2.75) is 39.3 Å². The molecule has 0 bridgehead atoms. The number of nitrogens with one attached hydrogen (secondary N) is 2. The van der Waals surface area contributed by atoms with Gasteiger partial charge in [0.05, 0.1) is 6.54 Å². The molecule has 1 aliphatic heterocycles. The van der Waals surface area contributed by atoms with Crippen LogP contribution in [0.5, 0.6) is 0 Å². The van der Waals surface area contributed by atoms with Gasteiger partial charge in [-0.3, -0.25) is 9.67 Å². The Hall–Kier alpha value is -1.77. The molecular weight excluding hydrogens is 451 g/mol. The molecule has 27 heavy (non-hydrogen) atoms. The fourth-order valence-electron chi connectivity index (χ4n) is 3.37. The number of anilines is 1.